The summed E-state index contributed by atoms with van der Waals surface area (Å²) in [5.74, 6) is 2.20. The third-order valence-corrected chi connectivity index (χ3v) is 3.67. The number of aromatic nitrogens is 3. The highest BCUT2D eigenvalue weighted by molar-refractivity contribution is 7.71. The Morgan fingerprint density at radius 3 is 2.75 bits per heavy atom. The molecule has 2 aromatic rings. The molecular weight excluding hydrogens is 324 g/mol. The van der Waals surface area contributed by atoms with Crippen LogP contribution >= 0.6 is 12.2 Å². The van der Waals surface area contributed by atoms with Crippen molar-refractivity contribution in [2.75, 3.05) is 13.2 Å². The zero-order valence-corrected chi connectivity index (χ0v) is 15.2. The van der Waals surface area contributed by atoms with Crippen molar-refractivity contribution in [3.8, 4) is 11.5 Å². The summed E-state index contributed by atoms with van der Waals surface area (Å²) in [6.07, 6.45) is 5.11. The van der Waals surface area contributed by atoms with E-state index in [4.69, 9.17) is 21.7 Å². The van der Waals surface area contributed by atoms with Gasteiger partial charge in [0.05, 0.1) is 19.4 Å². The Labute approximate surface area is 147 Å². The van der Waals surface area contributed by atoms with E-state index in [9.17, 15) is 0 Å². The first-order chi connectivity index (χ1) is 11.7. The molecule has 1 aromatic carbocycles. The van der Waals surface area contributed by atoms with Crippen LogP contribution in [0.2, 0.25) is 0 Å². The lowest BCUT2D eigenvalue weighted by atomic mass is 10.2. The maximum Gasteiger partial charge on any atom is 0.216 e. The van der Waals surface area contributed by atoms with Gasteiger partial charge in [0.1, 0.15) is 5.82 Å². The number of hydrogen-bond donors (Lipinski definition) is 1. The molecule has 0 atom stereocenters. The van der Waals surface area contributed by atoms with Crippen LogP contribution in [-0.2, 0) is 0 Å². The van der Waals surface area contributed by atoms with Crippen molar-refractivity contribution < 1.29 is 9.47 Å². The summed E-state index contributed by atoms with van der Waals surface area (Å²) in [7, 11) is 0. The van der Waals surface area contributed by atoms with Crippen LogP contribution in [0.3, 0.4) is 0 Å². The Bertz CT molecular complexity index is 736. The molecule has 0 unspecified atom stereocenters. The van der Waals surface area contributed by atoms with E-state index in [0.29, 0.717) is 23.8 Å². The number of aromatic amines is 1. The molecule has 1 aromatic heterocycles. The summed E-state index contributed by atoms with van der Waals surface area (Å²) < 4.78 is 13.6. The molecule has 7 heteroatoms. The molecule has 0 bridgehead atoms. The van der Waals surface area contributed by atoms with Gasteiger partial charge in [-0.3, -0.25) is 5.10 Å². The maximum absolute atomic E-state index is 5.83. The molecule has 0 aliphatic carbocycles. The Morgan fingerprint density at radius 2 is 2.08 bits per heavy atom. The van der Waals surface area contributed by atoms with Crippen molar-refractivity contribution in [2.24, 2.45) is 5.10 Å². The summed E-state index contributed by atoms with van der Waals surface area (Å²) in [6, 6.07) is 5.78. The first-order valence-electron chi connectivity index (χ1n) is 8.23. The second-order valence-electron chi connectivity index (χ2n) is 5.33. The third kappa shape index (κ3) is 4.92. The summed E-state index contributed by atoms with van der Waals surface area (Å²) in [4.78, 5) is 0. The quantitative estimate of drug-likeness (QED) is 0.421. The Morgan fingerprint density at radius 1 is 1.25 bits per heavy atom. The van der Waals surface area contributed by atoms with Gasteiger partial charge in [-0.1, -0.05) is 19.8 Å². The van der Waals surface area contributed by atoms with Crippen molar-refractivity contribution >= 4 is 18.4 Å². The van der Waals surface area contributed by atoms with E-state index in [1.54, 1.807) is 10.9 Å². The topological polar surface area (TPSA) is 64.4 Å². The fraction of sp³-hybridized carbons (Fsp3) is 0.471. The van der Waals surface area contributed by atoms with Gasteiger partial charge in [0, 0.05) is 0 Å². The highest BCUT2D eigenvalue weighted by atomic mass is 32.1. The van der Waals surface area contributed by atoms with Crippen LogP contribution in [0, 0.1) is 11.7 Å². The van der Waals surface area contributed by atoms with Gasteiger partial charge in [-0.2, -0.15) is 14.9 Å². The van der Waals surface area contributed by atoms with Gasteiger partial charge in [0.15, 0.2) is 11.5 Å². The van der Waals surface area contributed by atoms with Crippen LogP contribution in [-0.4, -0.2) is 34.3 Å². The van der Waals surface area contributed by atoms with Crippen molar-refractivity contribution in [2.45, 2.75) is 40.0 Å². The van der Waals surface area contributed by atoms with E-state index in [0.717, 1.165) is 23.5 Å². The summed E-state index contributed by atoms with van der Waals surface area (Å²) in [6.45, 7) is 7.24. The highest BCUT2D eigenvalue weighted by Crippen LogP contribution is 2.28. The van der Waals surface area contributed by atoms with E-state index >= 15 is 0 Å². The van der Waals surface area contributed by atoms with E-state index < -0.39 is 0 Å². The minimum absolute atomic E-state index is 0.463. The Hall–Kier alpha value is -2.15. The average molecular weight is 348 g/mol. The monoisotopic (exact) mass is 348 g/mol. The minimum atomic E-state index is 0.463. The fourth-order valence-corrected chi connectivity index (χ4v) is 2.38. The molecule has 2 rings (SSSR count). The first-order valence-corrected chi connectivity index (χ1v) is 8.64. The Balaban J connectivity index is 2.14. The van der Waals surface area contributed by atoms with Crippen LogP contribution in [0.15, 0.2) is 23.3 Å². The molecule has 24 heavy (non-hydrogen) atoms. The predicted octanol–water partition coefficient (Wildman–Crippen LogP) is 4.10. The van der Waals surface area contributed by atoms with Gasteiger partial charge in [-0.05, 0) is 56.2 Å². The van der Waals surface area contributed by atoms with E-state index in [1.807, 2.05) is 32.0 Å². The molecule has 1 heterocycles. The van der Waals surface area contributed by atoms with Crippen LogP contribution in [0.4, 0.5) is 0 Å². The lowest BCUT2D eigenvalue weighted by Crippen LogP contribution is -2.02. The van der Waals surface area contributed by atoms with Gasteiger partial charge in [-0.25, -0.2) is 0 Å². The molecule has 0 spiro atoms. The summed E-state index contributed by atoms with van der Waals surface area (Å²) >= 11 is 5.13. The van der Waals surface area contributed by atoms with Crippen molar-refractivity contribution in [1.29, 1.82) is 0 Å². The second-order valence-corrected chi connectivity index (χ2v) is 5.71. The molecule has 1 N–H and O–H groups in total. The lowest BCUT2D eigenvalue weighted by Gasteiger charge is -2.12. The van der Waals surface area contributed by atoms with Crippen molar-refractivity contribution in [3.63, 3.8) is 0 Å². The first kappa shape index (κ1) is 18.2. The molecule has 6 nitrogen and oxygen atoms in total. The number of unbranched alkanes of at least 4 members (excludes halogenated alkanes) is 2. The smallest absolute Gasteiger partial charge is 0.216 e. The van der Waals surface area contributed by atoms with Crippen LogP contribution in [0.25, 0.3) is 0 Å². The molecule has 0 fully saturated rings. The molecule has 0 saturated carbocycles. The molecular formula is C17H24N4O2S. The number of aryl methyl sites for hydroxylation is 1. The number of rotatable bonds is 9. The number of ether oxygens (including phenoxy) is 2. The molecule has 0 aliphatic heterocycles. The number of benzene rings is 1. The average Bonchev–Trinajstić information content (AvgIpc) is 2.90. The van der Waals surface area contributed by atoms with Gasteiger partial charge >= 0.3 is 0 Å². The normalized spacial score (nSPS) is 11.1. The van der Waals surface area contributed by atoms with Crippen molar-refractivity contribution in [1.82, 2.24) is 14.9 Å². The SMILES string of the molecule is CCCCCOc1ccc(/C=N/n2c(C)n[nH]c2=S)cc1OCC. The second kappa shape index (κ2) is 9.22. The van der Waals surface area contributed by atoms with E-state index in [1.165, 1.54) is 12.8 Å². The van der Waals surface area contributed by atoms with Gasteiger partial charge in [0.25, 0.3) is 0 Å². The van der Waals surface area contributed by atoms with Gasteiger partial charge in [-0.15, -0.1) is 0 Å². The molecule has 0 aliphatic rings. The Kier molecular flexibility index (Phi) is 6.99. The number of hydrogen-bond acceptors (Lipinski definition) is 5. The largest absolute Gasteiger partial charge is 0.490 e. The summed E-state index contributed by atoms with van der Waals surface area (Å²) in [5.41, 5.74) is 0.904. The molecule has 0 saturated heterocycles. The standard InChI is InChI=1S/C17H24N4O2S/c1-4-6-7-10-23-15-9-8-14(11-16(15)22-5-2)12-18-21-13(3)19-20-17(21)24/h8-9,11-12H,4-7,10H2,1-3H3,(H,20,24)/b18-12+. The minimum Gasteiger partial charge on any atom is -0.490 e. The molecule has 0 radical (unpaired) electrons. The third-order valence-electron chi connectivity index (χ3n) is 3.41. The maximum atomic E-state index is 5.83. The lowest BCUT2D eigenvalue weighted by molar-refractivity contribution is 0.271. The predicted molar refractivity (Wildman–Crippen MR) is 97.8 cm³/mol. The van der Waals surface area contributed by atoms with Crippen LogP contribution < -0.4 is 9.47 Å². The summed E-state index contributed by atoms with van der Waals surface area (Å²) in [5, 5.41) is 11.1. The van der Waals surface area contributed by atoms with Gasteiger partial charge in [0.2, 0.25) is 4.77 Å². The zero-order valence-electron chi connectivity index (χ0n) is 14.4. The van der Waals surface area contributed by atoms with Crippen molar-refractivity contribution in [3.05, 3.63) is 34.4 Å². The fourth-order valence-electron chi connectivity index (χ4n) is 2.16. The van der Waals surface area contributed by atoms with E-state index in [2.05, 4.69) is 22.2 Å². The highest BCUT2D eigenvalue weighted by Gasteiger charge is 2.06. The number of nitrogens with one attached hydrogen (secondary N) is 1. The molecule has 130 valence electrons. The molecule has 0 amide bonds. The van der Waals surface area contributed by atoms with Crippen LogP contribution in [0.5, 0.6) is 11.5 Å². The number of nitrogens with zero attached hydrogens (tertiary/aromatic N) is 3. The number of H-pyrrole nitrogens is 1. The van der Waals surface area contributed by atoms with Gasteiger partial charge < -0.3 is 9.47 Å². The van der Waals surface area contributed by atoms with E-state index in [-0.39, 0.29) is 0 Å². The van der Waals surface area contributed by atoms with Crippen LogP contribution in [0.1, 0.15) is 44.5 Å². The zero-order chi connectivity index (χ0) is 17.4.